The van der Waals surface area contributed by atoms with E-state index in [-0.39, 0.29) is 24.4 Å². The number of carbonyl (C=O) groups is 1. The Bertz CT molecular complexity index is 744. The lowest BCUT2D eigenvalue weighted by Crippen LogP contribution is -2.48. The molecule has 2 rings (SSSR count). The summed E-state index contributed by atoms with van der Waals surface area (Å²) in [5.41, 5.74) is -1.10. The average Bonchev–Trinajstić information content (AvgIpc) is 2.66. The van der Waals surface area contributed by atoms with Crippen LogP contribution < -0.4 is 0 Å². The molecule has 5 heteroatoms. The van der Waals surface area contributed by atoms with Crippen molar-refractivity contribution in [1.29, 1.82) is 0 Å². The summed E-state index contributed by atoms with van der Waals surface area (Å²) < 4.78 is 32.6. The lowest BCUT2D eigenvalue weighted by atomic mass is 9.64. The third-order valence-electron chi connectivity index (χ3n) is 5.48. The van der Waals surface area contributed by atoms with Gasteiger partial charge in [-0.15, -0.1) is 0 Å². The van der Waals surface area contributed by atoms with Crippen LogP contribution in [0.4, 0.5) is 8.78 Å². The Morgan fingerprint density at radius 2 is 1.28 bits per heavy atom. The topological polar surface area (TPSA) is 46.5 Å². The second kappa shape index (κ2) is 9.49. The molecule has 0 saturated carbocycles. The summed E-state index contributed by atoms with van der Waals surface area (Å²) in [7, 11) is 0. The maximum Gasteiger partial charge on any atom is 0.312 e. The minimum atomic E-state index is -1.81. The van der Waals surface area contributed by atoms with E-state index >= 15 is 0 Å². The van der Waals surface area contributed by atoms with Gasteiger partial charge in [0.15, 0.2) is 0 Å². The molecule has 2 aromatic rings. The number of esters is 1. The largest absolute Gasteiger partial charge is 0.466 e. The molecule has 2 aromatic carbocycles. The molecule has 1 unspecified atom stereocenters. The molecule has 0 saturated heterocycles. The molecule has 1 atom stereocenters. The minimum absolute atomic E-state index is 0.0526. The number of hydrogen-bond acceptors (Lipinski definition) is 3. The Morgan fingerprint density at radius 3 is 1.59 bits per heavy atom. The van der Waals surface area contributed by atoms with Crippen LogP contribution in [-0.2, 0) is 15.1 Å². The molecule has 158 valence electrons. The third-order valence-corrected chi connectivity index (χ3v) is 5.48. The number of hydrogen-bond donors (Lipinski definition) is 1. The van der Waals surface area contributed by atoms with Gasteiger partial charge in [-0.05, 0) is 60.1 Å². The van der Waals surface area contributed by atoms with Gasteiger partial charge in [-0.2, -0.15) is 0 Å². The van der Waals surface area contributed by atoms with Gasteiger partial charge in [0.25, 0.3) is 0 Å². The Morgan fingerprint density at radius 1 is 0.897 bits per heavy atom. The van der Waals surface area contributed by atoms with Crippen molar-refractivity contribution in [2.75, 3.05) is 6.61 Å². The van der Waals surface area contributed by atoms with Crippen molar-refractivity contribution in [3.8, 4) is 0 Å². The van der Waals surface area contributed by atoms with E-state index in [1.54, 1.807) is 6.92 Å². The van der Waals surface area contributed by atoms with E-state index < -0.39 is 29.1 Å². The van der Waals surface area contributed by atoms with Crippen molar-refractivity contribution < 1.29 is 23.4 Å². The highest BCUT2D eigenvalue weighted by atomic mass is 19.1. The van der Waals surface area contributed by atoms with Gasteiger partial charge in [-0.25, -0.2) is 8.78 Å². The summed E-state index contributed by atoms with van der Waals surface area (Å²) in [4.78, 5) is 13.2. The van der Waals surface area contributed by atoms with Gasteiger partial charge >= 0.3 is 5.97 Å². The van der Waals surface area contributed by atoms with Crippen LogP contribution in [0, 0.1) is 35.3 Å². The Balaban J connectivity index is 2.80. The molecule has 3 nitrogen and oxygen atoms in total. The quantitative estimate of drug-likeness (QED) is 0.607. The second-order valence-electron chi connectivity index (χ2n) is 8.08. The molecule has 0 radical (unpaired) electrons. The van der Waals surface area contributed by atoms with Crippen molar-refractivity contribution in [3.63, 3.8) is 0 Å². The van der Waals surface area contributed by atoms with E-state index in [1.807, 2.05) is 27.7 Å². The monoisotopic (exact) mass is 404 g/mol. The summed E-state index contributed by atoms with van der Waals surface area (Å²) >= 11 is 0. The molecule has 0 heterocycles. The van der Waals surface area contributed by atoms with E-state index in [2.05, 4.69) is 0 Å². The molecule has 0 bridgehead atoms. The standard InChI is InChI=1S/C24H30F2O3/c1-6-29-23(27)22(21(15(2)3)16(4)5)24(28,17-7-11-19(25)12-8-17)18-9-13-20(26)14-10-18/h7-16,21-22,28H,6H2,1-5H3. The van der Waals surface area contributed by atoms with Gasteiger partial charge in [-0.1, -0.05) is 52.0 Å². The highest BCUT2D eigenvalue weighted by molar-refractivity contribution is 5.76. The first-order chi connectivity index (χ1) is 13.6. The first-order valence-electron chi connectivity index (χ1n) is 10.0. The van der Waals surface area contributed by atoms with E-state index in [9.17, 15) is 18.7 Å². The number of aliphatic hydroxyl groups is 1. The van der Waals surface area contributed by atoms with Gasteiger partial charge in [0.2, 0.25) is 0 Å². The zero-order valence-corrected chi connectivity index (χ0v) is 17.7. The minimum Gasteiger partial charge on any atom is -0.466 e. The van der Waals surface area contributed by atoms with Crippen molar-refractivity contribution in [2.45, 2.75) is 40.2 Å². The normalized spacial score (nSPS) is 13.2. The van der Waals surface area contributed by atoms with Gasteiger partial charge in [0.1, 0.15) is 17.2 Å². The van der Waals surface area contributed by atoms with Crippen molar-refractivity contribution in [3.05, 3.63) is 71.3 Å². The van der Waals surface area contributed by atoms with Crippen LogP contribution in [-0.4, -0.2) is 17.7 Å². The zero-order valence-electron chi connectivity index (χ0n) is 17.7. The van der Waals surface area contributed by atoms with Gasteiger partial charge in [-0.3, -0.25) is 4.79 Å². The molecular weight excluding hydrogens is 374 g/mol. The Labute approximate surface area is 171 Å². The van der Waals surface area contributed by atoms with Gasteiger partial charge in [0.05, 0.1) is 12.5 Å². The molecule has 29 heavy (non-hydrogen) atoms. The first kappa shape index (κ1) is 23.0. The molecule has 0 aliphatic heterocycles. The van der Waals surface area contributed by atoms with Crippen LogP contribution in [0.5, 0.6) is 0 Å². The van der Waals surface area contributed by atoms with E-state index in [4.69, 9.17) is 4.74 Å². The maximum atomic E-state index is 13.6. The molecule has 0 aromatic heterocycles. The fourth-order valence-electron chi connectivity index (χ4n) is 4.31. The van der Waals surface area contributed by atoms with Crippen molar-refractivity contribution >= 4 is 5.97 Å². The molecule has 0 spiro atoms. The Hall–Kier alpha value is -2.27. The number of ether oxygens (including phenoxy) is 1. The fraction of sp³-hybridized carbons (Fsp3) is 0.458. The van der Waals surface area contributed by atoms with Crippen molar-refractivity contribution in [2.24, 2.45) is 23.7 Å². The summed E-state index contributed by atoms with van der Waals surface area (Å²) in [6, 6.07) is 10.8. The SMILES string of the molecule is CCOC(=O)C(C(C(C)C)C(C)C)C(O)(c1ccc(F)cc1)c1ccc(F)cc1. The van der Waals surface area contributed by atoms with Crippen LogP contribution in [0.2, 0.25) is 0 Å². The lowest BCUT2D eigenvalue weighted by Gasteiger charge is -2.43. The first-order valence-corrected chi connectivity index (χ1v) is 10.0. The second-order valence-corrected chi connectivity index (χ2v) is 8.08. The predicted molar refractivity (Wildman–Crippen MR) is 109 cm³/mol. The zero-order chi connectivity index (χ0) is 21.8. The Kier molecular flexibility index (Phi) is 7.53. The van der Waals surface area contributed by atoms with E-state index in [0.717, 1.165) is 0 Å². The average molecular weight is 404 g/mol. The number of benzene rings is 2. The number of carbonyl (C=O) groups excluding carboxylic acids is 1. The molecule has 0 aliphatic rings. The highest BCUT2D eigenvalue weighted by Crippen LogP contribution is 2.46. The third kappa shape index (κ3) is 4.84. The van der Waals surface area contributed by atoms with Crippen molar-refractivity contribution in [1.82, 2.24) is 0 Å². The van der Waals surface area contributed by atoms with Gasteiger partial charge < -0.3 is 9.84 Å². The van der Waals surface area contributed by atoms with Crippen LogP contribution in [0.1, 0.15) is 45.7 Å². The molecule has 0 fully saturated rings. The summed E-state index contributed by atoms with van der Waals surface area (Å²) in [6.45, 7) is 9.85. The van der Waals surface area contributed by atoms with Gasteiger partial charge in [0, 0.05) is 0 Å². The summed E-state index contributed by atoms with van der Waals surface area (Å²) in [6.07, 6.45) is 0. The molecule has 1 N–H and O–H groups in total. The van der Waals surface area contributed by atoms with Crippen LogP contribution >= 0.6 is 0 Å². The molecule has 0 amide bonds. The molecule has 0 aliphatic carbocycles. The maximum absolute atomic E-state index is 13.6. The smallest absolute Gasteiger partial charge is 0.312 e. The highest BCUT2D eigenvalue weighted by Gasteiger charge is 2.51. The van der Waals surface area contributed by atoms with E-state index in [1.165, 1.54) is 48.5 Å². The summed E-state index contributed by atoms with van der Waals surface area (Å²) in [5.74, 6) is -2.53. The van der Waals surface area contributed by atoms with E-state index in [0.29, 0.717) is 11.1 Å². The number of halogens is 2. The van der Waals surface area contributed by atoms with Crippen LogP contribution in [0.3, 0.4) is 0 Å². The fourth-order valence-corrected chi connectivity index (χ4v) is 4.31. The van der Waals surface area contributed by atoms with Crippen LogP contribution in [0.25, 0.3) is 0 Å². The lowest BCUT2D eigenvalue weighted by molar-refractivity contribution is -0.163. The predicted octanol–water partition coefficient (Wildman–Crippen LogP) is 5.31. The molecular formula is C24H30F2O3. The summed E-state index contributed by atoms with van der Waals surface area (Å²) in [5, 5.41) is 12.1. The number of rotatable bonds is 8. The van der Waals surface area contributed by atoms with Crippen LogP contribution in [0.15, 0.2) is 48.5 Å².